The lowest BCUT2D eigenvalue weighted by Crippen LogP contribution is -2.59. The highest BCUT2D eigenvalue weighted by Gasteiger charge is 2.43. The predicted molar refractivity (Wildman–Crippen MR) is 111 cm³/mol. The van der Waals surface area contributed by atoms with E-state index >= 15 is 0 Å². The molecule has 0 saturated heterocycles. The Bertz CT molecular complexity index is 1140. The van der Waals surface area contributed by atoms with Crippen LogP contribution < -0.4 is 15.0 Å². The van der Waals surface area contributed by atoms with Gasteiger partial charge in [-0.15, -0.1) is 0 Å². The highest BCUT2D eigenvalue weighted by molar-refractivity contribution is 6.14. The summed E-state index contributed by atoms with van der Waals surface area (Å²) in [6.45, 7) is 3.07. The first kappa shape index (κ1) is 18.7. The Morgan fingerprint density at radius 2 is 1.79 bits per heavy atom. The van der Waals surface area contributed by atoms with Crippen molar-refractivity contribution in [2.75, 3.05) is 16.8 Å². The number of anilines is 2. The molecule has 6 heteroatoms. The van der Waals surface area contributed by atoms with Crippen LogP contribution in [0, 0.1) is 0 Å². The summed E-state index contributed by atoms with van der Waals surface area (Å²) < 4.78 is 5.74. The number of benzene rings is 3. The molecule has 1 N–H and O–H groups in total. The summed E-state index contributed by atoms with van der Waals surface area (Å²) in [5.41, 5.74) is 0.502. The fourth-order valence-electron chi connectivity index (χ4n) is 3.63. The van der Waals surface area contributed by atoms with Crippen LogP contribution in [0.2, 0.25) is 0 Å². The van der Waals surface area contributed by atoms with Crippen molar-refractivity contribution >= 4 is 40.2 Å². The number of fused-ring (bicyclic) bond motifs is 2. The largest absolute Gasteiger partial charge is 0.483 e. The lowest BCUT2D eigenvalue weighted by molar-refractivity contribution is -0.127. The number of rotatable bonds is 4. The Balaban J connectivity index is 1.64. The Kier molecular flexibility index (Phi) is 4.54. The predicted octanol–water partition coefficient (Wildman–Crippen LogP) is 3.80. The van der Waals surface area contributed by atoms with Crippen LogP contribution in [0.25, 0.3) is 10.8 Å². The second-order valence-electron chi connectivity index (χ2n) is 7.36. The quantitative estimate of drug-likeness (QED) is 0.690. The van der Waals surface area contributed by atoms with Gasteiger partial charge in [-0.25, -0.2) is 0 Å². The molecule has 0 saturated carbocycles. The van der Waals surface area contributed by atoms with E-state index < -0.39 is 5.54 Å². The third kappa shape index (κ3) is 3.12. The van der Waals surface area contributed by atoms with E-state index in [4.69, 9.17) is 4.74 Å². The molecule has 1 aliphatic heterocycles. The zero-order valence-electron chi connectivity index (χ0n) is 16.1. The smallest absolute Gasteiger partial charge is 0.265 e. The summed E-state index contributed by atoms with van der Waals surface area (Å²) in [4.78, 5) is 38.7. The van der Waals surface area contributed by atoms with Crippen molar-refractivity contribution < 1.29 is 19.1 Å². The minimum atomic E-state index is -1.08. The van der Waals surface area contributed by atoms with E-state index in [1.54, 1.807) is 44.2 Å². The lowest BCUT2D eigenvalue weighted by atomic mass is 9.96. The van der Waals surface area contributed by atoms with Crippen molar-refractivity contribution in [3.05, 3.63) is 66.2 Å². The molecule has 2 amide bonds. The maximum Gasteiger partial charge on any atom is 0.265 e. The normalized spacial score (nSPS) is 14.8. The van der Waals surface area contributed by atoms with Gasteiger partial charge in [0.25, 0.3) is 5.91 Å². The number of amides is 2. The van der Waals surface area contributed by atoms with Gasteiger partial charge in [0.15, 0.2) is 12.9 Å². The molecular weight excluding hydrogens is 368 g/mol. The van der Waals surface area contributed by atoms with E-state index in [0.717, 1.165) is 17.1 Å². The fourth-order valence-corrected chi connectivity index (χ4v) is 3.63. The topological polar surface area (TPSA) is 75.7 Å². The molecule has 0 fully saturated rings. The Morgan fingerprint density at radius 3 is 2.59 bits per heavy atom. The zero-order valence-corrected chi connectivity index (χ0v) is 16.1. The first-order valence-electron chi connectivity index (χ1n) is 9.27. The first-order valence-corrected chi connectivity index (χ1v) is 9.27. The van der Waals surface area contributed by atoms with Crippen molar-refractivity contribution in [3.63, 3.8) is 0 Å². The van der Waals surface area contributed by atoms with Crippen LogP contribution in [0.15, 0.2) is 60.7 Å². The fraction of sp³-hybridized carbons (Fsp3) is 0.174. The molecule has 1 aliphatic rings. The molecule has 1 heterocycles. The summed E-state index contributed by atoms with van der Waals surface area (Å²) in [6, 6.07) is 18.1. The first-order chi connectivity index (χ1) is 13.9. The van der Waals surface area contributed by atoms with E-state index in [-0.39, 0.29) is 18.4 Å². The minimum absolute atomic E-state index is 0.274. The van der Waals surface area contributed by atoms with Gasteiger partial charge < -0.3 is 10.1 Å². The van der Waals surface area contributed by atoms with Gasteiger partial charge in [0.2, 0.25) is 5.91 Å². The second kappa shape index (κ2) is 7.05. The van der Waals surface area contributed by atoms with Crippen molar-refractivity contribution in [3.8, 4) is 5.75 Å². The standard InChI is InChI=1S/C23H20N2O4/c1-23(2)22(28)24-18-9-5-6-10-19(18)25(23)21(27)14-29-20-12-11-15-7-3-4-8-16(15)17(20)13-26/h3-13H,14H2,1-2H3,(H,24,28). The van der Waals surface area contributed by atoms with Gasteiger partial charge in [-0.1, -0.05) is 42.5 Å². The summed E-state index contributed by atoms with van der Waals surface area (Å²) in [5, 5.41) is 4.50. The maximum absolute atomic E-state index is 13.1. The highest BCUT2D eigenvalue weighted by Crippen LogP contribution is 2.37. The number of hydrogen-bond donors (Lipinski definition) is 1. The van der Waals surface area contributed by atoms with Crippen molar-refractivity contribution in [1.82, 2.24) is 0 Å². The van der Waals surface area contributed by atoms with Crippen LogP contribution in [0.1, 0.15) is 24.2 Å². The molecule has 0 spiro atoms. The van der Waals surface area contributed by atoms with Crippen molar-refractivity contribution in [1.29, 1.82) is 0 Å². The summed E-state index contributed by atoms with van der Waals surface area (Å²) in [7, 11) is 0. The third-order valence-electron chi connectivity index (χ3n) is 5.16. The van der Waals surface area contributed by atoms with Crippen LogP contribution in [0.3, 0.4) is 0 Å². The van der Waals surface area contributed by atoms with E-state index in [2.05, 4.69) is 5.32 Å². The van der Waals surface area contributed by atoms with E-state index in [1.807, 2.05) is 30.3 Å². The molecule has 0 unspecified atom stereocenters. The van der Waals surface area contributed by atoms with Gasteiger partial charge in [0.05, 0.1) is 16.9 Å². The third-order valence-corrected chi connectivity index (χ3v) is 5.16. The van der Waals surface area contributed by atoms with Crippen LogP contribution in [0.5, 0.6) is 5.75 Å². The number of nitrogens with zero attached hydrogens (tertiary/aromatic N) is 1. The van der Waals surface area contributed by atoms with Crippen LogP contribution in [0.4, 0.5) is 11.4 Å². The number of ether oxygens (including phenoxy) is 1. The number of para-hydroxylation sites is 2. The number of aldehydes is 1. The molecule has 146 valence electrons. The molecule has 3 aromatic rings. The zero-order chi connectivity index (χ0) is 20.6. The van der Waals surface area contributed by atoms with Gasteiger partial charge in [0, 0.05) is 0 Å². The van der Waals surface area contributed by atoms with Crippen LogP contribution >= 0.6 is 0 Å². The number of nitrogens with one attached hydrogen (secondary N) is 1. The lowest BCUT2D eigenvalue weighted by Gasteiger charge is -2.41. The molecule has 0 atom stereocenters. The number of carbonyl (C=O) groups excluding carboxylic acids is 3. The van der Waals surface area contributed by atoms with E-state index in [0.29, 0.717) is 22.7 Å². The van der Waals surface area contributed by atoms with Gasteiger partial charge >= 0.3 is 0 Å². The van der Waals surface area contributed by atoms with E-state index in [9.17, 15) is 14.4 Å². The number of carbonyl (C=O) groups is 3. The number of hydrogen-bond acceptors (Lipinski definition) is 4. The Morgan fingerprint density at radius 1 is 1.07 bits per heavy atom. The van der Waals surface area contributed by atoms with Crippen LogP contribution in [-0.4, -0.2) is 30.2 Å². The molecular formula is C23H20N2O4. The van der Waals surface area contributed by atoms with Crippen molar-refractivity contribution in [2.24, 2.45) is 0 Å². The minimum Gasteiger partial charge on any atom is -0.483 e. The second-order valence-corrected chi connectivity index (χ2v) is 7.36. The molecule has 0 aliphatic carbocycles. The summed E-state index contributed by atoms with van der Waals surface area (Å²) in [6.07, 6.45) is 0.732. The SMILES string of the molecule is CC1(C)C(=O)Nc2ccccc2N1C(=O)COc1ccc2ccccc2c1C=O. The van der Waals surface area contributed by atoms with Gasteiger partial charge in [-0.2, -0.15) is 0 Å². The molecule has 29 heavy (non-hydrogen) atoms. The average Bonchev–Trinajstić information content (AvgIpc) is 2.72. The molecule has 0 radical (unpaired) electrons. The molecule has 3 aromatic carbocycles. The molecule has 6 nitrogen and oxygen atoms in total. The molecule has 0 aromatic heterocycles. The van der Waals surface area contributed by atoms with Gasteiger partial charge in [0.1, 0.15) is 11.3 Å². The summed E-state index contributed by atoms with van der Waals surface area (Å²) >= 11 is 0. The van der Waals surface area contributed by atoms with Crippen LogP contribution in [-0.2, 0) is 9.59 Å². The van der Waals surface area contributed by atoms with E-state index in [1.165, 1.54) is 4.90 Å². The summed E-state index contributed by atoms with van der Waals surface area (Å²) in [5.74, 6) is -0.314. The Labute approximate surface area is 168 Å². The van der Waals surface area contributed by atoms with Gasteiger partial charge in [-0.05, 0) is 42.8 Å². The molecule has 0 bridgehead atoms. The van der Waals surface area contributed by atoms with Gasteiger partial charge in [-0.3, -0.25) is 19.3 Å². The maximum atomic E-state index is 13.1. The monoisotopic (exact) mass is 388 g/mol. The molecule has 4 rings (SSSR count). The Hall–Kier alpha value is -3.67. The average molecular weight is 388 g/mol. The van der Waals surface area contributed by atoms with Crippen molar-refractivity contribution in [2.45, 2.75) is 19.4 Å². The highest BCUT2D eigenvalue weighted by atomic mass is 16.5.